The Morgan fingerprint density at radius 2 is 1.54 bits per heavy atom. The van der Waals surface area contributed by atoms with Gasteiger partial charge in [0.2, 0.25) is 0 Å². The van der Waals surface area contributed by atoms with Crippen LogP contribution in [0.2, 0.25) is 0 Å². The van der Waals surface area contributed by atoms with Crippen LogP contribution in [0.4, 0.5) is 22.0 Å². The molecule has 0 amide bonds. The summed E-state index contributed by atoms with van der Waals surface area (Å²) in [6.45, 7) is 5.32. The third kappa shape index (κ3) is 4.40. The average Bonchev–Trinajstić information content (AvgIpc) is 2.83. The minimum absolute atomic E-state index is 0.0414. The summed E-state index contributed by atoms with van der Waals surface area (Å²) in [4.78, 5) is 12.5. The van der Waals surface area contributed by atoms with Crippen molar-refractivity contribution in [3.05, 3.63) is 94.8 Å². The second-order valence-electron chi connectivity index (χ2n) is 7.95. The summed E-state index contributed by atoms with van der Waals surface area (Å²) < 4.78 is 84.6. The van der Waals surface area contributed by atoms with E-state index in [2.05, 4.69) is 6.58 Å². The third-order valence-corrected chi connectivity index (χ3v) is 5.78. The monoisotopic (exact) mass is 488 g/mol. The van der Waals surface area contributed by atoms with Gasteiger partial charge in [0.1, 0.15) is 5.82 Å². The normalized spacial score (nSPS) is 16.3. The Labute approximate surface area is 198 Å². The van der Waals surface area contributed by atoms with Crippen LogP contribution in [0.25, 0.3) is 11.1 Å². The molecule has 2 unspecified atom stereocenters. The van der Waals surface area contributed by atoms with Crippen molar-refractivity contribution < 1.29 is 36.2 Å². The lowest BCUT2D eigenvalue weighted by Crippen LogP contribution is -2.17. The fourth-order valence-corrected chi connectivity index (χ4v) is 4.10. The van der Waals surface area contributed by atoms with Crippen LogP contribution in [0.3, 0.4) is 0 Å². The van der Waals surface area contributed by atoms with Crippen LogP contribution in [0.1, 0.15) is 52.7 Å². The zero-order valence-corrected chi connectivity index (χ0v) is 18.7. The summed E-state index contributed by atoms with van der Waals surface area (Å²) in [6.07, 6.45) is -2.28. The number of benzene rings is 3. The number of carbonyl (C=O) groups is 1. The van der Waals surface area contributed by atoms with Crippen molar-refractivity contribution in [3.8, 4) is 22.6 Å². The number of allylic oxidation sites excluding steroid dienone is 1. The molecule has 3 nitrogen and oxygen atoms in total. The molecule has 0 aromatic heterocycles. The molecular weight excluding hydrogens is 467 g/mol. The SMILES string of the molecule is C=CCCc1ccc(C(=O)Oc2ccc3c(c2F)C(F)C(F)c2c-3ccc(OCC)c2F)c(F)c1. The van der Waals surface area contributed by atoms with Crippen LogP contribution in [0, 0.1) is 17.5 Å². The van der Waals surface area contributed by atoms with Crippen molar-refractivity contribution in [2.24, 2.45) is 0 Å². The summed E-state index contributed by atoms with van der Waals surface area (Å²) in [5.41, 5.74) is -1.22. The molecule has 3 aromatic rings. The highest BCUT2D eigenvalue weighted by atomic mass is 19.2. The van der Waals surface area contributed by atoms with E-state index in [1.807, 2.05) is 0 Å². The van der Waals surface area contributed by atoms with Gasteiger partial charge in [-0.05, 0) is 60.7 Å². The minimum atomic E-state index is -2.57. The van der Waals surface area contributed by atoms with Gasteiger partial charge in [-0.2, -0.15) is 0 Å². The maximum absolute atomic E-state index is 15.2. The maximum atomic E-state index is 15.2. The molecule has 0 spiro atoms. The molecule has 35 heavy (non-hydrogen) atoms. The van der Waals surface area contributed by atoms with E-state index in [0.717, 1.165) is 12.1 Å². The van der Waals surface area contributed by atoms with E-state index < -0.39 is 58.2 Å². The van der Waals surface area contributed by atoms with Crippen molar-refractivity contribution in [2.45, 2.75) is 32.1 Å². The topological polar surface area (TPSA) is 35.5 Å². The van der Waals surface area contributed by atoms with Crippen LogP contribution in [0.5, 0.6) is 11.5 Å². The zero-order valence-electron chi connectivity index (χ0n) is 18.7. The third-order valence-electron chi connectivity index (χ3n) is 5.78. The first-order chi connectivity index (χ1) is 16.8. The van der Waals surface area contributed by atoms with Gasteiger partial charge in [-0.3, -0.25) is 0 Å². The Balaban J connectivity index is 1.68. The average molecular weight is 488 g/mol. The molecule has 2 atom stereocenters. The predicted octanol–water partition coefficient (Wildman–Crippen LogP) is 7.54. The Morgan fingerprint density at radius 3 is 2.11 bits per heavy atom. The standard InChI is InChI=1S/C27H21F5O3/c1-3-5-6-14-7-8-17(18(28)13-14)27(33)35-20-12-10-16-15-9-11-19(34-4-2)23(29)21(15)25(31)26(32)22(16)24(20)30/h3,7-13,25-26H,1,4-6H2,2H3. The molecule has 0 aliphatic heterocycles. The minimum Gasteiger partial charge on any atom is -0.491 e. The number of ether oxygens (including phenoxy) is 2. The Hall–Kier alpha value is -3.68. The second kappa shape index (κ2) is 9.90. The largest absolute Gasteiger partial charge is 0.491 e. The van der Waals surface area contributed by atoms with Gasteiger partial charge in [0.25, 0.3) is 0 Å². The van der Waals surface area contributed by atoms with Crippen molar-refractivity contribution >= 4 is 5.97 Å². The summed E-state index contributed by atoms with van der Waals surface area (Å²) >= 11 is 0. The summed E-state index contributed by atoms with van der Waals surface area (Å²) in [5, 5.41) is 0. The summed E-state index contributed by atoms with van der Waals surface area (Å²) in [7, 11) is 0. The van der Waals surface area contributed by atoms with Crippen molar-refractivity contribution in [1.82, 2.24) is 0 Å². The Bertz CT molecular complexity index is 1300. The van der Waals surface area contributed by atoms with Crippen LogP contribution in [-0.2, 0) is 6.42 Å². The van der Waals surface area contributed by atoms with E-state index in [9.17, 15) is 18.0 Å². The van der Waals surface area contributed by atoms with Crippen LogP contribution in [-0.4, -0.2) is 12.6 Å². The highest BCUT2D eigenvalue weighted by Crippen LogP contribution is 2.52. The van der Waals surface area contributed by atoms with Gasteiger partial charge >= 0.3 is 5.97 Å². The van der Waals surface area contributed by atoms with Gasteiger partial charge in [0.15, 0.2) is 35.5 Å². The first-order valence-corrected chi connectivity index (χ1v) is 11.0. The van der Waals surface area contributed by atoms with Crippen LogP contribution in [0.15, 0.2) is 55.1 Å². The smallest absolute Gasteiger partial charge is 0.346 e. The molecule has 0 saturated carbocycles. The number of halogens is 5. The second-order valence-corrected chi connectivity index (χ2v) is 7.95. The number of alkyl halides is 2. The lowest BCUT2D eigenvalue weighted by Gasteiger charge is -2.28. The van der Waals surface area contributed by atoms with Gasteiger partial charge in [-0.15, -0.1) is 6.58 Å². The van der Waals surface area contributed by atoms with E-state index in [-0.39, 0.29) is 23.5 Å². The summed E-state index contributed by atoms with van der Waals surface area (Å²) in [5.74, 6) is -5.40. The van der Waals surface area contributed by atoms with Crippen LogP contribution >= 0.6 is 0 Å². The molecule has 0 heterocycles. The summed E-state index contributed by atoms with van der Waals surface area (Å²) in [6, 6.07) is 8.70. The lowest BCUT2D eigenvalue weighted by atomic mass is 9.82. The number of aryl methyl sites for hydroxylation is 1. The quantitative estimate of drug-likeness (QED) is 0.149. The van der Waals surface area contributed by atoms with Crippen LogP contribution < -0.4 is 9.47 Å². The lowest BCUT2D eigenvalue weighted by molar-refractivity contribution is 0.0721. The maximum Gasteiger partial charge on any atom is 0.346 e. The molecule has 1 aliphatic carbocycles. The number of hydrogen-bond donors (Lipinski definition) is 0. The molecule has 1 aliphatic rings. The van der Waals surface area contributed by atoms with Gasteiger partial charge < -0.3 is 9.47 Å². The fourth-order valence-electron chi connectivity index (χ4n) is 4.10. The first-order valence-electron chi connectivity index (χ1n) is 11.0. The van der Waals surface area contributed by atoms with Gasteiger partial charge in [-0.1, -0.05) is 24.3 Å². The molecule has 0 N–H and O–H groups in total. The number of esters is 1. The molecule has 3 aromatic carbocycles. The number of rotatable bonds is 7. The molecular formula is C27H21F5O3. The molecule has 182 valence electrons. The van der Waals surface area contributed by atoms with Crippen molar-refractivity contribution in [3.63, 3.8) is 0 Å². The van der Waals surface area contributed by atoms with Gasteiger partial charge in [0.05, 0.1) is 12.2 Å². The first kappa shape index (κ1) is 24.4. The highest BCUT2D eigenvalue weighted by molar-refractivity contribution is 5.91. The zero-order chi connectivity index (χ0) is 25.3. The Kier molecular flexibility index (Phi) is 6.91. The van der Waals surface area contributed by atoms with Gasteiger partial charge in [-0.25, -0.2) is 26.7 Å². The molecule has 4 rings (SSSR count). The number of carbonyl (C=O) groups excluding carboxylic acids is 1. The number of fused-ring (bicyclic) bond motifs is 3. The highest BCUT2D eigenvalue weighted by Gasteiger charge is 2.40. The van der Waals surface area contributed by atoms with Crippen molar-refractivity contribution in [1.29, 1.82) is 0 Å². The molecule has 8 heteroatoms. The van der Waals surface area contributed by atoms with E-state index in [1.54, 1.807) is 13.0 Å². The molecule has 0 bridgehead atoms. The molecule has 0 fully saturated rings. The number of hydrogen-bond acceptors (Lipinski definition) is 3. The van der Waals surface area contributed by atoms with E-state index in [1.165, 1.54) is 30.3 Å². The fraction of sp³-hybridized carbons (Fsp3) is 0.222. The Morgan fingerprint density at radius 1 is 0.943 bits per heavy atom. The van der Waals surface area contributed by atoms with E-state index in [0.29, 0.717) is 18.4 Å². The van der Waals surface area contributed by atoms with Gasteiger partial charge in [0, 0.05) is 11.1 Å². The molecule has 0 saturated heterocycles. The predicted molar refractivity (Wildman–Crippen MR) is 121 cm³/mol. The van der Waals surface area contributed by atoms with E-state index >= 15 is 8.78 Å². The van der Waals surface area contributed by atoms with E-state index in [4.69, 9.17) is 9.47 Å². The molecule has 0 radical (unpaired) electrons. The van der Waals surface area contributed by atoms with Crippen molar-refractivity contribution in [2.75, 3.05) is 6.61 Å².